The number of methoxy groups -OCH3 is 1. The maximum Gasteiger partial charge on any atom is 0.513 e. The molecule has 4 nitrogen and oxygen atoms in total. The molecule has 0 amide bonds. The monoisotopic (exact) mass is 337 g/mol. The Hall–Kier alpha value is -1.66. The summed E-state index contributed by atoms with van der Waals surface area (Å²) in [6.45, 7) is 2.10. The molecular weight excluding hydrogens is 318 g/mol. The summed E-state index contributed by atoms with van der Waals surface area (Å²) < 4.78 is 9.84. The first-order valence-electron chi connectivity index (χ1n) is 6.84. The van der Waals surface area contributed by atoms with E-state index in [0.717, 1.165) is 21.2 Å². The lowest BCUT2D eigenvalue weighted by Crippen LogP contribution is -2.18. The molecule has 1 atom stereocenters. The first-order valence-corrected chi connectivity index (χ1v) is 9.05. The minimum atomic E-state index is -0.710. The van der Waals surface area contributed by atoms with E-state index in [1.807, 2.05) is 36.4 Å². The number of thioether (sulfide) groups is 1. The Morgan fingerprint density at radius 1 is 1.36 bits per heavy atom. The molecule has 0 fully saturated rings. The molecule has 1 N–H and O–H groups in total. The van der Waals surface area contributed by atoms with Crippen molar-refractivity contribution in [1.29, 1.82) is 0 Å². The van der Waals surface area contributed by atoms with Crippen LogP contribution in [0.1, 0.15) is 6.92 Å². The summed E-state index contributed by atoms with van der Waals surface area (Å²) in [5.74, 6) is 1.47. The number of nitrogens with one attached hydrogen (secondary N) is 1. The van der Waals surface area contributed by atoms with Crippen LogP contribution in [0.5, 0.6) is 5.75 Å². The maximum absolute atomic E-state index is 11.4. The molecule has 0 bridgehead atoms. The van der Waals surface area contributed by atoms with Crippen molar-refractivity contribution in [2.24, 2.45) is 0 Å². The average molecular weight is 337 g/mol. The minimum Gasteiger partial charge on any atom is -0.437 e. The normalized spacial score (nSPS) is 11.8. The second-order valence-corrected chi connectivity index (χ2v) is 6.69. The second-order valence-electron chi connectivity index (χ2n) is 4.73. The molecule has 0 radical (unpaired) electrons. The maximum atomic E-state index is 11.4. The van der Waals surface area contributed by atoms with Crippen molar-refractivity contribution in [1.82, 2.24) is 0 Å². The predicted octanol–water partition coefficient (Wildman–Crippen LogP) is 4.72. The van der Waals surface area contributed by atoms with Crippen molar-refractivity contribution in [3.05, 3.63) is 36.4 Å². The summed E-state index contributed by atoms with van der Waals surface area (Å²) in [5.41, 5.74) is 1.09. The van der Waals surface area contributed by atoms with Gasteiger partial charge in [0.25, 0.3) is 0 Å². The van der Waals surface area contributed by atoms with Gasteiger partial charge in [-0.1, -0.05) is 30.3 Å². The molecule has 22 heavy (non-hydrogen) atoms. The first-order chi connectivity index (χ1) is 10.6. The highest BCUT2D eigenvalue weighted by molar-refractivity contribution is 7.98. The third kappa shape index (κ3) is 4.42. The van der Waals surface area contributed by atoms with Crippen LogP contribution in [0.25, 0.3) is 10.4 Å². The van der Waals surface area contributed by atoms with Gasteiger partial charge in [-0.3, -0.25) is 0 Å². The van der Waals surface area contributed by atoms with E-state index in [4.69, 9.17) is 4.74 Å². The number of anilines is 1. The zero-order chi connectivity index (χ0) is 15.9. The van der Waals surface area contributed by atoms with Gasteiger partial charge in [0.05, 0.1) is 7.11 Å². The zero-order valence-electron chi connectivity index (χ0n) is 12.8. The van der Waals surface area contributed by atoms with Crippen LogP contribution in [-0.4, -0.2) is 31.3 Å². The van der Waals surface area contributed by atoms with Crippen LogP contribution in [-0.2, 0) is 4.74 Å². The van der Waals surface area contributed by atoms with Crippen molar-refractivity contribution in [3.8, 4) is 16.2 Å². The van der Waals surface area contributed by atoms with Gasteiger partial charge in [0.15, 0.2) is 5.75 Å². The Morgan fingerprint density at radius 3 is 2.73 bits per heavy atom. The third-order valence-electron chi connectivity index (χ3n) is 2.91. The molecule has 0 aliphatic rings. The fourth-order valence-electron chi connectivity index (χ4n) is 1.94. The number of hydrogen-bond donors (Lipinski definition) is 1. The fourth-order valence-corrected chi connectivity index (χ4v) is 3.63. The van der Waals surface area contributed by atoms with E-state index in [-0.39, 0.29) is 6.04 Å². The molecule has 0 saturated heterocycles. The number of rotatable bonds is 6. The van der Waals surface area contributed by atoms with Crippen LogP contribution in [0.3, 0.4) is 0 Å². The van der Waals surface area contributed by atoms with Gasteiger partial charge in [0, 0.05) is 22.7 Å². The summed E-state index contributed by atoms with van der Waals surface area (Å²) >= 11 is 3.33. The molecule has 118 valence electrons. The Morgan fingerprint density at radius 2 is 2.09 bits per heavy atom. The van der Waals surface area contributed by atoms with Crippen LogP contribution < -0.4 is 10.1 Å². The first kappa shape index (κ1) is 16.7. The smallest absolute Gasteiger partial charge is 0.437 e. The quantitative estimate of drug-likeness (QED) is 0.773. The number of carbonyl (C=O) groups is 1. The number of benzene rings is 1. The SMILES string of the molecule is COC(=O)Oc1cc(-c2ccccc2)sc1NC(C)CSC. The molecule has 0 saturated carbocycles. The predicted molar refractivity (Wildman–Crippen MR) is 94.3 cm³/mol. The number of ether oxygens (including phenoxy) is 2. The third-order valence-corrected chi connectivity index (χ3v) is 4.84. The van der Waals surface area contributed by atoms with Gasteiger partial charge in [-0.05, 0) is 18.7 Å². The van der Waals surface area contributed by atoms with E-state index in [1.54, 1.807) is 23.1 Å². The Balaban J connectivity index is 2.28. The van der Waals surface area contributed by atoms with Crippen molar-refractivity contribution in [2.45, 2.75) is 13.0 Å². The summed E-state index contributed by atoms with van der Waals surface area (Å²) in [6.07, 6.45) is 1.35. The molecule has 2 rings (SSSR count). The van der Waals surface area contributed by atoms with Gasteiger partial charge in [-0.15, -0.1) is 11.3 Å². The van der Waals surface area contributed by atoms with Crippen molar-refractivity contribution >= 4 is 34.3 Å². The minimum absolute atomic E-state index is 0.275. The molecule has 0 aliphatic heterocycles. The van der Waals surface area contributed by atoms with E-state index in [1.165, 1.54) is 7.11 Å². The molecule has 1 heterocycles. The Kier molecular flexibility index (Phi) is 6.15. The molecule has 1 aromatic heterocycles. The van der Waals surface area contributed by atoms with Gasteiger partial charge in [0.2, 0.25) is 0 Å². The van der Waals surface area contributed by atoms with Crippen molar-refractivity contribution in [2.75, 3.05) is 24.4 Å². The standard InChI is InChI=1S/C16H19NO3S2/c1-11(10-21-3)17-15-13(20-16(18)19-2)9-14(22-15)12-7-5-4-6-8-12/h4-9,11,17H,10H2,1-3H3. The molecule has 6 heteroatoms. The Bertz CT molecular complexity index is 613. The van der Waals surface area contributed by atoms with Gasteiger partial charge in [-0.2, -0.15) is 11.8 Å². The summed E-state index contributed by atoms with van der Waals surface area (Å²) in [5, 5.41) is 4.23. The fraction of sp³-hybridized carbons (Fsp3) is 0.312. The van der Waals surface area contributed by atoms with Crippen LogP contribution in [0.2, 0.25) is 0 Å². The average Bonchev–Trinajstić information content (AvgIpc) is 2.91. The Labute approximate surface area is 138 Å². The second kappa shape index (κ2) is 8.10. The van der Waals surface area contributed by atoms with Crippen LogP contribution in [0.15, 0.2) is 36.4 Å². The van der Waals surface area contributed by atoms with Gasteiger partial charge >= 0.3 is 6.16 Å². The lowest BCUT2D eigenvalue weighted by Gasteiger charge is -2.13. The highest BCUT2D eigenvalue weighted by Crippen LogP contribution is 2.41. The van der Waals surface area contributed by atoms with E-state index in [9.17, 15) is 4.79 Å². The van der Waals surface area contributed by atoms with Gasteiger partial charge in [0.1, 0.15) is 5.00 Å². The molecule has 0 aliphatic carbocycles. The largest absolute Gasteiger partial charge is 0.513 e. The van der Waals surface area contributed by atoms with Crippen molar-refractivity contribution < 1.29 is 14.3 Å². The molecule has 2 aromatic rings. The molecule has 0 spiro atoms. The van der Waals surface area contributed by atoms with E-state index >= 15 is 0 Å². The van der Waals surface area contributed by atoms with Crippen LogP contribution in [0, 0.1) is 0 Å². The summed E-state index contributed by atoms with van der Waals surface area (Å²) in [7, 11) is 1.30. The molecule has 1 aromatic carbocycles. The van der Waals surface area contributed by atoms with Crippen molar-refractivity contribution in [3.63, 3.8) is 0 Å². The number of hydrogen-bond acceptors (Lipinski definition) is 6. The topological polar surface area (TPSA) is 47.6 Å². The molecule has 1 unspecified atom stereocenters. The number of thiophene rings is 1. The lowest BCUT2D eigenvalue weighted by atomic mass is 10.2. The van der Waals surface area contributed by atoms with Gasteiger partial charge in [-0.25, -0.2) is 4.79 Å². The van der Waals surface area contributed by atoms with E-state index in [2.05, 4.69) is 23.2 Å². The highest BCUT2D eigenvalue weighted by Gasteiger charge is 2.17. The summed E-state index contributed by atoms with van der Waals surface area (Å²) in [6, 6.07) is 12.1. The highest BCUT2D eigenvalue weighted by atomic mass is 32.2. The zero-order valence-corrected chi connectivity index (χ0v) is 14.4. The van der Waals surface area contributed by atoms with Crippen LogP contribution >= 0.6 is 23.1 Å². The van der Waals surface area contributed by atoms with Crippen LogP contribution in [0.4, 0.5) is 9.80 Å². The summed E-state index contributed by atoms with van der Waals surface area (Å²) in [4.78, 5) is 12.5. The van der Waals surface area contributed by atoms with Gasteiger partial charge < -0.3 is 14.8 Å². The van der Waals surface area contributed by atoms with E-state index < -0.39 is 6.16 Å². The lowest BCUT2D eigenvalue weighted by molar-refractivity contribution is 0.122. The van der Waals surface area contributed by atoms with E-state index in [0.29, 0.717) is 5.75 Å². The number of carbonyl (C=O) groups excluding carboxylic acids is 1. The molecular formula is C16H19NO3S2.